The molecular formula is C22H23N5O. The first-order valence-electron chi connectivity index (χ1n) is 9.42. The predicted octanol–water partition coefficient (Wildman–Crippen LogP) is 4.93. The van der Waals surface area contributed by atoms with E-state index in [1.54, 1.807) is 0 Å². The number of hydrogen-bond donors (Lipinski definition) is 3. The van der Waals surface area contributed by atoms with Crippen molar-refractivity contribution in [2.75, 3.05) is 16.0 Å². The number of carbonyl (C=O) groups is 1. The van der Waals surface area contributed by atoms with Crippen molar-refractivity contribution >= 4 is 34.7 Å². The average molecular weight is 373 g/mol. The Bertz CT molecular complexity index is 979. The highest BCUT2D eigenvalue weighted by Crippen LogP contribution is 2.30. The summed E-state index contributed by atoms with van der Waals surface area (Å²) in [4.78, 5) is 20.8. The maximum absolute atomic E-state index is 11.8. The Morgan fingerprint density at radius 1 is 0.857 bits per heavy atom. The molecule has 28 heavy (non-hydrogen) atoms. The Balaban J connectivity index is 1.44. The molecule has 3 aromatic rings. The molecule has 1 aliphatic rings. The van der Waals surface area contributed by atoms with Crippen LogP contribution in [0.15, 0.2) is 54.6 Å². The average Bonchev–Trinajstić information content (AvgIpc) is 3.50. The van der Waals surface area contributed by atoms with E-state index in [2.05, 4.69) is 32.8 Å². The minimum absolute atomic E-state index is 0.110. The lowest BCUT2D eigenvalue weighted by atomic mass is 10.2. The molecule has 142 valence electrons. The Hall–Kier alpha value is -3.41. The third kappa shape index (κ3) is 4.65. The molecule has 0 atom stereocenters. The molecule has 0 aliphatic heterocycles. The first-order chi connectivity index (χ1) is 13.5. The number of carbonyl (C=O) groups excluding carboxylic acids is 1. The molecule has 0 spiro atoms. The minimum atomic E-state index is 0.110. The SMILES string of the molecule is Cc1ccc(Nc2nc(C)cc(Nc3ccc(NC(=O)C4CC4)cc3)n2)cc1. The smallest absolute Gasteiger partial charge is 0.229 e. The summed E-state index contributed by atoms with van der Waals surface area (Å²) in [6.45, 7) is 3.99. The van der Waals surface area contributed by atoms with E-state index in [-0.39, 0.29) is 11.8 Å². The van der Waals surface area contributed by atoms with Gasteiger partial charge in [-0.05, 0) is 63.1 Å². The molecule has 1 saturated carbocycles. The third-order valence-corrected chi connectivity index (χ3v) is 4.53. The van der Waals surface area contributed by atoms with Gasteiger partial charge in [0.05, 0.1) is 0 Å². The van der Waals surface area contributed by atoms with Crippen molar-refractivity contribution in [1.82, 2.24) is 9.97 Å². The van der Waals surface area contributed by atoms with Gasteiger partial charge in [0.2, 0.25) is 11.9 Å². The monoisotopic (exact) mass is 373 g/mol. The summed E-state index contributed by atoms with van der Waals surface area (Å²) >= 11 is 0. The molecule has 3 N–H and O–H groups in total. The van der Waals surface area contributed by atoms with Crippen LogP contribution in [0.5, 0.6) is 0 Å². The summed E-state index contributed by atoms with van der Waals surface area (Å²) in [5.74, 6) is 1.55. The van der Waals surface area contributed by atoms with Gasteiger partial charge in [-0.2, -0.15) is 4.98 Å². The standard InChI is InChI=1S/C22H23N5O/c1-14-3-7-19(8-4-14)26-22-23-15(2)13-20(27-22)24-17-9-11-18(12-10-17)25-21(28)16-5-6-16/h3-4,7-13,16H,5-6H2,1-2H3,(H,25,28)(H2,23,24,26,27). The van der Waals surface area contributed by atoms with Gasteiger partial charge in [-0.15, -0.1) is 0 Å². The van der Waals surface area contributed by atoms with Gasteiger partial charge in [0, 0.05) is 34.7 Å². The van der Waals surface area contributed by atoms with Crippen LogP contribution in [0.4, 0.5) is 28.8 Å². The van der Waals surface area contributed by atoms with Gasteiger partial charge in [0.25, 0.3) is 0 Å². The Morgan fingerprint density at radius 2 is 1.46 bits per heavy atom. The van der Waals surface area contributed by atoms with Crippen LogP contribution in [0.1, 0.15) is 24.1 Å². The maximum Gasteiger partial charge on any atom is 0.229 e. The Labute approximate surface area is 164 Å². The first kappa shape index (κ1) is 18.0. The van der Waals surface area contributed by atoms with Crippen molar-refractivity contribution in [3.8, 4) is 0 Å². The second kappa shape index (κ2) is 7.68. The first-order valence-corrected chi connectivity index (χ1v) is 9.42. The number of amides is 1. The molecule has 0 unspecified atom stereocenters. The number of nitrogens with zero attached hydrogens (tertiary/aromatic N) is 2. The van der Waals surface area contributed by atoms with Crippen LogP contribution >= 0.6 is 0 Å². The molecule has 4 rings (SSSR count). The number of hydrogen-bond acceptors (Lipinski definition) is 5. The highest BCUT2D eigenvalue weighted by molar-refractivity contribution is 5.94. The van der Waals surface area contributed by atoms with Crippen LogP contribution in [0.2, 0.25) is 0 Å². The molecule has 1 heterocycles. The molecule has 6 heteroatoms. The van der Waals surface area contributed by atoms with E-state index in [4.69, 9.17) is 0 Å². The van der Waals surface area contributed by atoms with Gasteiger partial charge < -0.3 is 16.0 Å². The highest BCUT2D eigenvalue weighted by Gasteiger charge is 2.29. The van der Waals surface area contributed by atoms with Crippen molar-refractivity contribution < 1.29 is 4.79 Å². The van der Waals surface area contributed by atoms with Crippen LogP contribution in [0, 0.1) is 19.8 Å². The molecule has 0 bridgehead atoms. The molecule has 1 aromatic heterocycles. The fourth-order valence-electron chi connectivity index (χ4n) is 2.83. The summed E-state index contributed by atoms with van der Waals surface area (Å²) in [5, 5.41) is 9.47. The van der Waals surface area contributed by atoms with Crippen molar-refractivity contribution in [2.45, 2.75) is 26.7 Å². The molecule has 6 nitrogen and oxygen atoms in total. The quantitative estimate of drug-likeness (QED) is 0.571. The van der Waals surface area contributed by atoms with Crippen LogP contribution < -0.4 is 16.0 Å². The van der Waals surface area contributed by atoms with E-state index < -0.39 is 0 Å². The predicted molar refractivity (Wildman–Crippen MR) is 112 cm³/mol. The van der Waals surface area contributed by atoms with E-state index in [1.165, 1.54) is 5.56 Å². The molecule has 1 aliphatic carbocycles. The maximum atomic E-state index is 11.8. The summed E-state index contributed by atoms with van der Waals surface area (Å²) < 4.78 is 0. The zero-order valence-electron chi connectivity index (χ0n) is 16.0. The highest BCUT2D eigenvalue weighted by atomic mass is 16.2. The lowest BCUT2D eigenvalue weighted by Crippen LogP contribution is -2.13. The van der Waals surface area contributed by atoms with Gasteiger partial charge in [-0.1, -0.05) is 17.7 Å². The Kier molecular flexibility index (Phi) is 4.93. The van der Waals surface area contributed by atoms with Gasteiger partial charge >= 0.3 is 0 Å². The largest absolute Gasteiger partial charge is 0.340 e. The number of aryl methyl sites for hydroxylation is 2. The van der Waals surface area contributed by atoms with Crippen LogP contribution in [0.3, 0.4) is 0 Å². The second-order valence-electron chi connectivity index (χ2n) is 7.18. The fraction of sp³-hybridized carbons (Fsp3) is 0.227. The topological polar surface area (TPSA) is 78.9 Å². The number of anilines is 5. The normalized spacial score (nSPS) is 13.1. The van der Waals surface area contributed by atoms with Crippen LogP contribution in [-0.2, 0) is 4.79 Å². The Morgan fingerprint density at radius 3 is 2.14 bits per heavy atom. The number of rotatable bonds is 6. The lowest BCUT2D eigenvalue weighted by Gasteiger charge is -2.11. The zero-order valence-corrected chi connectivity index (χ0v) is 16.0. The summed E-state index contributed by atoms with van der Waals surface area (Å²) in [6.07, 6.45) is 2.00. The van der Waals surface area contributed by atoms with Gasteiger partial charge in [-0.25, -0.2) is 4.98 Å². The van der Waals surface area contributed by atoms with E-state index in [0.717, 1.165) is 35.6 Å². The van der Waals surface area contributed by atoms with Gasteiger partial charge in [0.15, 0.2) is 0 Å². The van der Waals surface area contributed by atoms with Crippen molar-refractivity contribution in [1.29, 1.82) is 0 Å². The van der Waals surface area contributed by atoms with Gasteiger partial charge in [0.1, 0.15) is 5.82 Å². The molecule has 0 saturated heterocycles. The summed E-state index contributed by atoms with van der Waals surface area (Å²) in [7, 11) is 0. The third-order valence-electron chi connectivity index (χ3n) is 4.53. The summed E-state index contributed by atoms with van der Waals surface area (Å²) in [6, 6.07) is 17.6. The van der Waals surface area contributed by atoms with Crippen LogP contribution in [0.25, 0.3) is 0 Å². The number of benzene rings is 2. The zero-order chi connectivity index (χ0) is 19.5. The van der Waals surface area contributed by atoms with Crippen LogP contribution in [-0.4, -0.2) is 15.9 Å². The number of aromatic nitrogens is 2. The van der Waals surface area contributed by atoms with E-state index in [9.17, 15) is 4.79 Å². The summed E-state index contributed by atoms with van der Waals surface area (Å²) in [5.41, 5.74) is 4.71. The molecule has 1 fully saturated rings. The van der Waals surface area contributed by atoms with Crippen molar-refractivity contribution in [3.05, 3.63) is 65.9 Å². The van der Waals surface area contributed by atoms with E-state index >= 15 is 0 Å². The lowest BCUT2D eigenvalue weighted by molar-refractivity contribution is -0.117. The van der Waals surface area contributed by atoms with Crippen molar-refractivity contribution in [3.63, 3.8) is 0 Å². The minimum Gasteiger partial charge on any atom is -0.340 e. The molecule has 2 aromatic carbocycles. The number of nitrogens with one attached hydrogen (secondary N) is 3. The van der Waals surface area contributed by atoms with Gasteiger partial charge in [-0.3, -0.25) is 4.79 Å². The molecule has 0 radical (unpaired) electrons. The van der Waals surface area contributed by atoms with Crippen molar-refractivity contribution in [2.24, 2.45) is 5.92 Å². The molecule has 1 amide bonds. The second-order valence-corrected chi connectivity index (χ2v) is 7.18. The fourth-order valence-corrected chi connectivity index (χ4v) is 2.83. The van der Waals surface area contributed by atoms with E-state index in [0.29, 0.717) is 11.8 Å². The van der Waals surface area contributed by atoms with E-state index in [1.807, 2.05) is 61.5 Å². The molecular weight excluding hydrogens is 350 g/mol.